The van der Waals surface area contributed by atoms with Gasteiger partial charge in [0, 0.05) is 37.4 Å². The Balaban J connectivity index is 1.52. The van der Waals surface area contributed by atoms with Gasteiger partial charge >= 0.3 is 0 Å². The van der Waals surface area contributed by atoms with E-state index in [0.29, 0.717) is 62.9 Å². The molecule has 0 bridgehead atoms. The van der Waals surface area contributed by atoms with Crippen molar-refractivity contribution in [2.45, 2.75) is 32.7 Å². The van der Waals surface area contributed by atoms with Gasteiger partial charge < -0.3 is 36.5 Å². The topological polar surface area (TPSA) is 148 Å². The molecule has 1 aromatic heterocycles. The maximum atomic E-state index is 14.0. The van der Waals surface area contributed by atoms with E-state index in [1.807, 2.05) is 24.3 Å². The summed E-state index contributed by atoms with van der Waals surface area (Å²) >= 11 is 0. The average Bonchev–Trinajstić information content (AvgIpc) is 2.95. The standard InChI is InChI=1S/C28H39FN8O3/c1-2-3-13-32-26-35-27(33-20-22-6-4-5-7-24(22)29)37-28(36-26)34-23-10-8-21(9-11-23)19-25(38)31-14-16-40-18-17-39-15-12-30/h4-11H,2-3,12-20,30H2,1H3,(H,31,38)(H3,32,33,34,35,36,37). The molecule has 12 heteroatoms. The summed E-state index contributed by atoms with van der Waals surface area (Å²) in [4.78, 5) is 25.6. The molecule has 0 aliphatic carbocycles. The Morgan fingerprint density at radius 1 is 0.875 bits per heavy atom. The minimum Gasteiger partial charge on any atom is -0.378 e. The first-order valence-electron chi connectivity index (χ1n) is 13.5. The van der Waals surface area contributed by atoms with E-state index < -0.39 is 0 Å². The minimum atomic E-state index is -0.296. The fourth-order valence-corrected chi connectivity index (χ4v) is 3.53. The van der Waals surface area contributed by atoms with E-state index >= 15 is 0 Å². The van der Waals surface area contributed by atoms with Crippen molar-refractivity contribution in [3.05, 3.63) is 65.5 Å². The molecule has 3 aromatic rings. The highest BCUT2D eigenvalue weighted by atomic mass is 19.1. The predicted molar refractivity (Wildman–Crippen MR) is 154 cm³/mol. The molecule has 6 N–H and O–H groups in total. The lowest BCUT2D eigenvalue weighted by Gasteiger charge is -2.12. The van der Waals surface area contributed by atoms with Crippen molar-refractivity contribution in [3.8, 4) is 0 Å². The highest BCUT2D eigenvalue weighted by Gasteiger charge is 2.09. The van der Waals surface area contributed by atoms with Crippen molar-refractivity contribution < 1.29 is 18.7 Å². The lowest BCUT2D eigenvalue weighted by atomic mass is 10.1. The first kappa shape index (κ1) is 30.7. The van der Waals surface area contributed by atoms with Crippen molar-refractivity contribution in [1.29, 1.82) is 0 Å². The molecule has 3 rings (SSSR count). The first-order valence-corrected chi connectivity index (χ1v) is 13.5. The van der Waals surface area contributed by atoms with Crippen LogP contribution in [0.5, 0.6) is 0 Å². The summed E-state index contributed by atoms with van der Waals surface area (Å²) in [5.74, 6) is 0.691. The van der Waals surface area contributed by atoms with E-state index in [2.05, 4.69) is 43.1 Å². The van der Waals surface area contributed by atoms with Crippen molar-refractivity contribution >= 4 is 29.4 Å². The number of amides is 1. The molecule has 0 aliphatic rings. The third-order valence-electron chi connectivity index (χ3n) is 5.62. The molecular weight excluding hydrogens is 515 g/mol. The fourth-order valence-electron chi connectivity index (χ4n) is 3.53. The van der Waals surface area contributed by atoms with Gasteiger partial charge in [0.1, 0.15) is 5.82 Å². The van der Waals surface area contributed by atoms with Crippen LogP contribution in [-0.2, 0) is 27.2 Å². The van der Waals surface area contributed by atoms with Gasteiger partial charge in [0.2, 0.25) is 23.8 Å². The summed E-state index contributed by atoms with van der Waals surface area (Å²) in [6.07, 6.45) is 2.25. The molecule has 216 valence electrons. The molecule has 0 aliphatic heterocycles. The second-order valence-corrected chi connectivity index (χ2v) is 8.89. The van der Waals surface area contributed by atoms with E-state index in [1.54, 1.807) is 18.2 Å². The first-order chi connectivity index (χ1) is 19.6. The Morgan fingerprint density at radius 2 is 1.57 bits per heavy atom. The van der Waals surface area contributed by atoms with Gasteiger partial charge in [0.05, 0.1) is 32.8 Å². The molecule has 0 fully saturated rings. The second kappa shape index (κ2) is 17.7. The lowest BCUT2D eigenvalue weighted by molar-refractivity contribution is -0.120. The van der Waals surface area contributed by atoms with Crippen LogP contribution in [0.4, 0.5) is 27.9 Å². The summed E-state index contributed by atoms with van der Waals surface area (Å²) in [6.45, 7) is 5.85. The normalized spacial score (nSPS) is 10.8. The monoisotopic (exact) mass is 554 g/mol. The second-order valence-electron chi connectivity index (χ2n) is 8.89. The van der Waals surface area contributed by atoms with Crippen LogP contribution in [0.15, 0.2) is 48.5 Å². The number of ether oxygens (including phenoxy) is 2. The zero-order valence-electron chi connectivity index (χ0n) is 22.9. The molecule has 0 radical (unpaired) electrons. The van der Waals surface area contributed by atoms with Crippen LogP contribution in [0.25, 0.3) is 0 Å². The molecule has 0 saturated heterocycles. The van der Waals surface area contributed by atoms with Crippen molar-refractivity contribution in [3.63, 3.8) is 0 Å². The Hall–Kier alpha value is -3.87. The summed E-state index contributed by atoms with van der Waals surface area (Å²) in [6, 6.07) is 14.0. The highest BCUT2D eigenvalue weighted by Crippen LogP contribution is 2.18. The zero-order valence-corrected chi connectivity index (χ0v) is 22.9. The zero-order chi connectivity index (χ0) is 28.4. The Kier molecular flexibility index (Phi) is 13.5. The summed E-state index contributed by atoms with van der Waals surface area (Å²) in [7, 11) is 0. The Morgan fingerprint density at radius 3 is 2.30 bits per heavy atom. The number of halogens is 1. The summed E-state index contributed by atoms with van der Waals surface area (Å²) in [5, 5.41) is 12.3. The molecule has 0 unspecified atom stereocenters. The van der Waals surface area contributed by atoms with E-state index in [-0.39, 0.29) is 24.7 Å². The quantitative estimate of drug-likeness (QED) is 0.140. The van der Waals surface area contributed by atoms with Crippen LogP contribution >= 0.6 is 0 Å². The maximum Gasteiger partial charge on any atom is 0.233 e. The van der Waals surface area contributed by atoms with Crippen LogP contribution in [0.2, 0.25) is 0 Å². The van der Waals surface area contributed by atoms with Crippen LogP contribution in [-0.4, -0.2) is 66.9 Å². The van der Waals surface area contributed by atoms with Crippen molar-refractivity contribution in [1.82, 2.24) is 20.3 Å². The molecule has 40 heavy (non-hydrogen) atoms. The Labute approximate surface area is 234 Å². The van der Waals surface area contributed by atoms with Gasteiger partial charge in [-0.05, 0) is 30.2 Å². The number of benzene rings is 2. The number of unbranched alkanes of at least 4 members (excludes halogenated alkanes) is 1. The van der Waals surface area contributed by atoms with E-state index in [9.17, 15) is 9.18 Å². The molecule has 2 aromatic carbocycles. The van der Waals surface area contributed by atoms with Crippen LogP contribution in [0.1, 0.15) is 30.9 Å². The van der Waals surface area contributed by atoms with Crippen LogP contribution < -0.4 is 27.0 Å². The third kappa shape index (κ3) is 11.5. The molecule has 0 saturated carbocycles. The largest absolute Gasteiger partial charge is 0.378 e. The number of carbonyl (C=O) groups is 1. The van der Waals surface area contributed by atoms with Gasteiger partial charge in [0.25, 0.3) is 0 Å². The fraction of sp³-hybridized carbons (Fsp3) is 0.429. The van der Waals surface area contributed by atoms with Gasteiger partial charge in [-0.15, -0.1) is 0 Å². The number of hydrogen-bond acceptors (Lipinski definition) is 10. The summed E-state index contributed by atoms with van der Waals surface area (Å²) in [5.41, 5.74) is 7.48. The lowest BCUT2D eigenvalue weighted by Crippen LogP contribution is -2.29. The molecule has 0 atom stereocenters. The maximum absolute atomic E-state index is 14.0. The summed E-state index contributed by atoms with van der Waals surface area (Å²) < 4.78 is 24.7. The average molecular weight is 555 g/mol. The number of rotatable bonds is 19. The molecule has 11 nitrogen and oxygen atoms in total. The Bertz CT molecular complexity index is 1170. The number of anilines is 4. The van der Waals surface area contributed by atoms with Crippen LogP contribution in [0, 0.1) is 5.82 Å². The van der Waals surface area contributed by atoms with Crippen molar-refractivity contribution in [2.24, 2.45) is 5.73 Å². The molecular formula is C28H39FN8O3. The predicted octanol–water partition coefficient (Wildman–Crippen LogP) is 3.23. The van der Waals surface area contributed by atoms with Gasteiger partial charge in [0.15, 0.2) is 0 Å². The van der Waals surface area contributed by atoms with Crippen LogP contribution in [0.3, 0.4) is 0 Å². The van der Waals surface area contributed by atoms with Gasteiger partial charge in [-0.1, -0.05) is 43.7 Å². The number of carbonyl (C=O) groups excluding carboxylic acids is 1. The smallest absolute Gasteiger partial charge is 0.233 e. The minimum absolute atomic E-state index is 0.0884. The number of nitrogens with two attached hydrogens (primary N) is 1. The number of nitrogens with one attached hydrogen (secondary N) is 4. The van der Waals surface area contributed by atoms with E-state index in [4.69, 9.17) is 15.2 Å². The highest BCUT2D eigenvalue weighted by molar-refractivity contribution is 5.78. The third-order valence-corrected chi connectivity index (χ3v) is 5.62. The molecule has 1 amide bonds. The number of aromatic nitrogens is 3. The van der Waals surface area contributed by atoms with Gasteiger partial charge in [-0.3, -0.25) is 4.79 Å². The SMILES string of the molecule is CCCCNc1nc(NCc2ccccc2F)nc(Nc2ccc(CC(=O)NCCOCCOCCN)cc2)n1. The van der Waals surface area contributed by atoms with Gasteiger partial charge in [-0.25, -0.2) is 4.39 Å². The molecule has 0 spiro atoms. The molecule has 1 heterocycles. The number of hydrogen-bond donors (Lipinski definition) is 5. The van der Waals surface area contributed by atoms with Gasteiger partial charge in [-0.2, -0.15) is 15.0 Å². The van der Waals surface area contributed by atoms with Crippen molar-refractivity contribution in [2.75, 3.05) is 62.0 Å². The van der Waals surface area contributed by atoms with E-state index in [0.717, 1.165) is 30.6 Å². The van der Waals surface area contributed by atoms with E-state index in [1.165, 1.54) is 6.07 Å². The number of nitrogens with zero attached hydrogens (tertiary/aromatic N) is 3.